The van der Waals surface area contributed by atoms with E-state index in [0.29, 0.717) is 24.8 Å². The molecule has 8 heteroatoms. The van der Waals surface area contributed by atoms with E-state index >= 15 is 0 Å². The van der Waals surface area contributed by atoms with Crippen LogP contribution in [0.3, 0.4) is 0 Å². The molecular formula is C15H16F4N2OS. The van der Waals surface area contributed by atoms with Crippen LogP contribution in [0.25, 0.3) is 0 Å². The highest BCUT2D eigenvalue weighted by molar-refractivity contribution is 8.00. The third kappa shape index (κ3) is 4.10. The second-order valence-electron chi connectivity index (χ2n) is 6.15. The molecule has 0 heterocycles. The van der Waals surface area contributed by atoms with Gasteiger partial charge < -0.3 is 10.6 Å². The van der Waals surface area contributed by atoms with Gasteiger partial charge in [0.15, 0.2) is 0 Å². The van der Waals surface area contributed by atoms with Crippen LogP contribution >= 0.6 is 11.8 Å². The Hall–Kier alpha value is -1.44. The molecule has 0 radical (unpaired) electrons. The minimum atomic E-state index is -4.34. The molecule has 2 N–H and O–H groups in total. The van der Waals surface area contributed by atoms with Gasteiger partial charge in [0.25, 0.3) is 0 Å². The number of benzene rings is 1. The fourth-order valence-corrected chi connectivity index (χ4v) is 3.94. The number of urea groups is 1. The summed E-state index contributed by atoms with van der Waals surface area (Å²) in [5.41, 5.74) is -4.87. The monoisotopic (exact) mass is 348 g/mol. The number of halogens is 4. The van der Waals surface area contributed by atoms with Gasteiger partial charge in [0.2, 0.25) is 0 Å². The standard InChI is InChI=1S/C15H16F4N2OS/c16-14-5-10(6-14)12(7-14)21-13(22)20-8-9-2-1-3-11(4-9)23-15(17,18)19/h1-4,10,12H,5-8H2,(H2,20,21,22). The Kier molecular flexibility index (Phi) is 4.20. The highest BCUT2D eigenvalue weighted by Gasteiger charge is 2.57. The van der Waals surface area contributed by atoms with Crippen LogP contribution in [-0.2, 0) is 6.54 Å². The Labute approximate surface area is 135 Å². The lowest BCUT2D eigenvalue weighted by atomic mass is 9.81. The number of thioether (sulfide) groups is 1. The topological polar surface area (TPSA) is 41.1 Å². The maximum absolute atomic E-state index is 13.7. The molecule has 0 aliphatic heterocycles. The van der Waals surface area contributed by atoms with E-state index in [1.807, 2.05) is 0 Å². The van der Waals surface area contributed by atoms with E-state index in [4.69, 9.17) is 0 Å². The van der Waals surface area contributed by atoms with Crippen LogP contribution in [-0.4, -0.2) is 23.3 Å². The quantitative estimate of drug-likeness (QED) is 0.638. The Morgan fingerprint density at radius 3 is 2.65 bits per heavy atom. The van der Waals surface area contributed by atoms with Gasteiger partial charge in [-0.2, -0.15) is 13.2 Å². The number of carbonyl (C=O) groups is 1. The van der Waals surface area contributed by atoms with Gasteiger partial charge in [-0.25, -0.2) is 9.18 Å². The summed E-state index contributed by atoms with van der Waals surface area (Å²) in [4.78, 5) is 11.9. The number of alkyl halides is 4. The van der Waals surface area contributed by atoms with Crippen molar-refractivity contribution in [1.82, 2.24) is 10.6 Å². The van der Waals surface area contributed by atoms with Crippen molar-refractivity contribution in [3.63, 3.8) is 0 Å². The second kappa shape index (κ2) is 5.89. The first-order chi connectivity index (χ1) is 10.7. The summed E-state index contributed by atoms with van der Waals surface area (Å²) < 4.78 is 50.8. The predicted octanol–water partition coefficient (Wildman–Crippen LogP) is 3.99. The second-order valence-corrected chi connectivity index (χ2v) is 7.29. The average Bonchev–Trinajstić information content (AvgIpc) is 2.86. The molecule has 3 nitrogen and oxygen atoms in total. The summed E-state index contributed by atoms with van der Waals surface area (Å²) in [5, 5.41) is 5.35. The Morgan fingerprint density at radius 1 is 1.30 bits per heavy atom. The van der Waals surface area contributed by atoms with Gasteiger partial charge in [-0.15, -0.1) is 0 Å². The van der Waals surface area contributed by atoms with Crippen molar-refractivity contribution in [3.8, 4) is 0 Å². The number of carbonyl (C=O) groups excluding carboxylic acids is 1. The fourth-order valence-electron chi connectivity index (χ4n) is 3.32. The van der Waals surface area contributed by atoms with E-state index < -0.39 is 17.2 Å². The minimum absolute atomic E-state index is 0.0770. The number of hydrogen-bond acceptors (Lipinski definition) is 2. The van der Waals surface area contributed by atoms with Crippen LogP contribution in [0.15, 0.2) is 29.2 Å². The molecule has 1 atom stereocenters. The molecular weight excluding hydrogens is 332 g/mol. The summed E-state index contributed by atoms with van der Waals surface area (Å²) in [7, 11) is 0. The highest BCUT2D eigenvalue weighted by Crippen LogP contribution is 2.54. The number of amides is 2. The molecule has 3 saturated carbocycles. The predicted molar refractivity (Wildman–Crippen MR) is 78.7 cm³/mol. The minimum Gasteiger partial charge on any atom is -0.335 e. The third-order valence-electron chi connectivity index (χ3n) is 4.31. The largest absolute Gasteiger partial charge is 0.446 e. The highest BCUT2D eigenvalue weighted by atomic mass is 32.2. The maximum Gasteiger partial charge on any atom is 0.446 e. The van der Waals surface area contributed by atoms with Crippen molar-refractivity contribution in [2.75, 3.05) is 0 Å². The van der Waals surface area contributed by atoms with Crippen LogP contribution in [0.4, 0.5) is 22.4 Å². The van der Waals surface area contributed by atoms with Crippen molar-refractivity contribution in [1.29, 1.82) is 0 Å². The van der Waals surface area contributed by atoms with E-state index in [-0.39, 0.29) is 35.2 Å². The molecule has 0 aromatic heterocycles. The first kappa shape index (κ1) is 16.4. The molecule has 3 aliphatic rings. The smallest absolute Gasteiger partial charge is 0.335 e. The van der Waals surface area contributed by atoms with Crippen LogP contribution in [0, 0.1) is 5.92 Å². The lowest BCUT2D eigenvalue weighted by Crippen LogP contribution is -2.42. The Bertz CT molecular complexity index is 601. The van der Waals surface area contributed by atoms with Gasteiger partial charge in [0.05, 0.1) is 0 Å². The number of fused-ring (bicyclic) bond motifs is 1. The zero-order chi connectivity index (χ0) is 16.7. The van der Waals surface area contributed by atoms with Crippen molar-refractivity contribution in [2.45, 2.75) is 47.9 Å². The van der Waals surface area contributed by atoms with Crippen LogP contribution in [0.1, 0.15) is 24.8 Å². The molecule has 23 heavy (non-hydrogen) atoms. The van der Waals surface area contributed by atoms with Gasteiger partial charge in [0, 0.05) is 23.9 Å². The number of nitrogens with one attached hydrogen (secondary N) is 2. The molecule has 1 unspecified atom stereocenters. The molecule has 126 valence electrons. The van der Waals surface area contributed by atoms with Gasteiger partial charge >= 0.3 is 11.5 Å². The first-order valence-corrected chi connectivity index (χ1v) is 8.12. The summed E-state index contributed by atoms with van der Waals surface area (Å²) in [5.74, 6) is 0.206. The zero-order valence-electron chi connectivity index (χ0n) is 12.1. The lowest BCUT2D eigenvalue weighted by molar-refractivity contribution is -0.0328. The van der Waals surface area contributed by atoms with Gasteiger partial charge in [-0.3, -0.25) is 0 Å². The summed E-state index contributed by atoms with van der Waals surface area (Å²) >= 11 is -0.189. The van der Waals surface area contributed by atoms with Gasteiger partial charge in [-0.05, 0) is 48.2 Å². The SMILES string of the molecule is O=C(NCc1cccc(SC(F)(F)F)c1)NC1CC2(F)CC1C2. The molecule has 0 spiro atoms. The normalized spacial score (nSPS) is 29.0. The summed E-state index contributed by atoms with van der Waals surface area (Å²) in [6, 6.07) is 5.35. The molecule has 0 saturated heterocycles. The van der Waals surface area contributed by atoms with E-state index in [1.165, 1.54) is 18.2 Å². The molecule has 4 rings (SSSR count). The van der Waals surface area contributed by atoms with Crippen molar-refractivity contribution < 1.29 is 22.4 Å². The summed E-state index contributed by atoms with van der Waals surface area (Å²) in [6.07, 6.45) is 1.37. The summed E-state index contributed by atoms with van der Waals surface area (Å²) in [6.45, 7) is 0.121. The van der Waals surface area contributed by atoms with Gasteiger partial charge in [0.1, 0.15) is 5.67 Å². The van der Waals surface area contributed by atoms with E-state index in [2.05, 4.69) is 10.6 Å². The molecule has 3 fully saturated rings. The van der Waals surface area contributed by atoms with E-state index in [0.717, 1.165) is 0 Å². The van der Waals surface area contributed by atoms with Gasteiger partial charge in [-0.1, -0.05) is 12.1 Å². The first-order valence-electron chi connectivity index (χ1n) is 7.30. The van der Waals surface area contributed by atoms with Crippen LogP contribution < -0.4 is 10.6 Å². The van der Waals surface area contributed by atoms with Crippen molar-refractivity contribution in [3.05, 3.63) is 29.8 Å². The molecule has 2 amide bonds. The van der Waals surface area contributed by atoms with Crippen molar-refractivity contribution in [2.24, 2.45) is 5.92 Å². The number of hydrogen-bond donors (Lipinski definition) is 2. The van der Waals surface area contributed by atoms with Crippen molar-refractivity contribution >= 4 is 17.8 Å². The molecule has 3 aliphatic carbocycles. The van der Waals surface area contributed by atoms with Crippen LogP contribution in [0.5, 0.6) is 0 Å². The Morgan fingerprint density at radius 2 is 2.04 bits per heavy atom. The van der Waals surface area contributed by atoms with E-state index in [9.17, 15) is 22.4 Å². The zero-order valence-corrected chi connectivity index (χ0v) is 12.9. The lowest BCUT2D eigenvalue weighted by Gasteiger charge is -2.30. The van der Waals surface area contributed by atoms with E-state index in [1.54, 1.807) is 6.07 Å². The Balaban J connectivity index is 1.48. The fraction of sp³-hybridized carbons (Fsp3) is 0.533. The molecule has 2 bridgehead atoms. The molecule has 1 aromatic rings. The van der Waals surface area contributed by atoms with Crippen LogP contribution in [0.2, 0.25) is 0 Å². The maximum atomic E-state index is 13.7. The average molecular weight is 348 g/mol. The third-order valence-corrected chi connectivity index (χ3v) is 5.03. The molecule has 1 aromatic carbocycles. The number of rotatable bonds is 4.